The summed E-state index contributed by atoms with van der Waals surface area (Å²) in [5.41, 5.74) is 1.09. The molecule has 2 aromatic rings. The third-order valence-electron chi connectivity index (χ3n) is 7.46. The smallest absolute Gasteiger partial charge is 0.341 e. The van der Waals surface area contributed by atoms with Crippen molar-refractivity contribution in [3.63, 3.8) is 0 Å². The molecule has 0 amide bonds. The van der Waals surface area contributed by atoms with Gasteiger partial charge in [-0.2, -0.15) is 4.68 Å². The number of thiocarbonyl (C=S) groups is 1. The highest BCUT2D eigenvalue weighted by atomic mass is 32.1. The molecule has 0 bridgehead atoms. The lowest BCUT2D eigenvalue weighted by Crippen LogP contribution is -2.50. The molecule has 0 spiro atoms. The molecular weight excluding hydrogens is 482 g/mol. The van der Waals surface area contributed by atoms with Crippen molar-refractivity contribution in [1.29, 1.82) is 0 Å². The lowest BCUT2D eigenvalue weighted by atomic mass is 9.96. The van der Waals surface area contributed by atoms with Crippen molar-refractivity contribution in [2.45, 2.75) is 62.4 Å². The van der Waals surface area contributed by atoms with Crippen molar-refractivity contribution in [3.05, 3.63) is 24.3 Å². The Hall–Kier alpha value is -2.54. The highest BCUT2D eigenvalue weighted by molar-refractivity contribution is 7.80. The third-order valence-corrected chi connectivity index (χ3v) is 7.70. The van der Waals surface area contributed by atoms with E-state index in [0.29, 0.717) is 36.1 Å². The standard InChI is InChI=1S/C24H33N7O4S/c36-23(25-16-5-2-1-3-6-16)26-19-14-33-22-20(15-34-21(19)22)31-24(27-28-29-31)35-18-8-4-7-17(13-18)30-9-11-32-12-10-30/h4,7-8,13,16,19-22H,1-3,5-6,9-12,14-15H2,(H2,25,26,36). The van der Waals surface area contributed by atoms with Gasteiger partial charge < -0.3 is 34.5 Å². The van der Waals surface area contributed by atoms with Gasteiger partial charge in [0.25, 0.3) is 0 Å². The summed E-state index contributed by atoms with van der Waals surface area (Å²) in [6, 6.07) is 8.53. The molecule has 36 heavy (non-hydrogen) atoms. The van der Waals surface area contributed by atoms with E-state index >= 15 is 0 Å². The summed E-state index contributed by atoms with van der Waals surface area (Å²) < 4.78 is 25.6. The first-order valence-corrected chi connectivity index (χ1v) is 13.3. The van der Waals surface area contributed by atoms with Crippen LogP contribution >= 0.6 is 12.2 Å². The van der Waals surface area contributed by atoms with E-state index in [4.69, 9.17) is 31.2 Å². The van der Waals surface area contributed by atoms with Gasteiger partial charge in [-0.3, -0.25) is 0 Å². The minimum atomic E-state index is -0.189. The van der Waals surface area contributed by atoms with Gasteiger partial charge in [0.2, 0.25) is 0 Å². The number of tetrazole rings is 1. The second-order valence-corrected chi connectivity index (χ2v) is 10.2. The number of fused-ring (bicyclic) bond motifs is 1. The van der Waals surface area contributed by atoms with Crippen molar-refractivity contribution >= 4 is 23.0 Å². The van der Waals surface area contributed by atoms with Crippen LogP contribution in [0, 0.1) is 0 Å². The van der Waals surface area contributed by atoms with Gasteiger partial charge in [-0.15, -0.1) is 0 Å². The number of benzene rings is 1. The van der Waals surface area contributed by atoms with Crippen LogP contribution in [0.15, 0.2) is 24.3 Å². The minimum Gasteiger partial charge on any atom is -0.423 e. The first-order chi connectivity index (χ1) is 17.7. The molecule has 4 aliphatic rings. The van der Waals surface area contributed by atoms with E-state index < -0.39 is 0 Å². The van der Waals surface area contributed by atoms with Crippen LogP contribution in [-0.4, -0.2) is 89.1 Å². The molecule has 0 radical (unpaired) electrons. The zero-order valence-electron chi connectivity index (χ0n) is 20.3. The largest absolute Gasteiger partial charge is 0.423 e. The van der Waals surface area contributed by atoms with Gasteiger partial charge in [-0.1, -0.05) is 30.4 Å². The Morgan fingerprint density at radius 3 is 2.72 bits per heavy atom. The molecule has 3 saturated heterocycles. The summed E-state index contributed by atoms with van der Waals surface area (Å²) in [4.78, 5) is 2.28. The predicted molar refractivity (Wildman–Crippen MR) is 135 cm³/mol. The van der Waals surface area contributed by atoms with E-state index in [1.807, 2.05) is 18.2 Å². The highest BCUT2D eigenvalue weighted by Crippen LogP contribution is 2.36. The molecule has 4 heterocycles. The van der Waals surface area contributed by atoms with Crippen LogP contribution < -0.4 is 20.3 Å². The molecular formula is C24H33N7O4S. The zero-order chi connectivity index (χ0) is 24.3. The normalized spacial score (nSPS) is 28.6. The fourth-order valence-electron chi connectivity index (χ4n) is 5.59. The molecule has 6 rings (SSSR count). The molecule has 1 aromatic heterocycles. The van der Waals surface area contributed by atoms with Gasteiger partial charge in [-0.25, -0.2) is 0 Å². The number of ether oxygens (including phenoxy) is 4. The summed E-state index contributed by atoms with van der Waals surface area (Å²) in [6.07, 6.45) is 5.85. The van der Waals surface area contributed by atoms with Gasteiger partial charge in [0, 0.05) is 30.9 Å². The summed E-state index contributed by atoms with van der Waals surface area (Å²) in [5, 5.41) is 19.8. The number of anilines is 1. The Morgan fingerprint density at radius 2 is 1.86 bits per heavy atom. The van der Waals surface area contributed by atoms with E-state index in [2.05, 4.69) is 37.1 Å². The molecule has 4 atom stereocenters. The Labute approximate surface area is 215 Å². The molecule has 2 N–H and O–H groups in total. The van der Waals surface area contributed by atoms with Crippen LogP contribution in [0.25, 0.3) is 0 Å². The number of aromatic nitrogens is 4. The fourth-order valence-corrected chi connectivity index (χ4v) is 5.90. The van der Waals surface area contributed by atoms with Gasteiger partial charge in [0.05, 0.1) is 32.5 Å². The highest BCUT2D eigenvalue weighted by Gasteiger charge is 2.50. The second kappa shape index (κ2) is 10.8. The number of nitrogens with zero attached hydrogens (tertiary/aromatic N) is 5. The van der Waals surface area contributed by atoms with E-state index in [0.717, 1.165) is 32.0 Å². The van der Waals surface area contributed by atoms with E-state index in [-0.39, 0.29) is 24.3 Å². The van der Waals surface area contributed by atoms with Crippen molar-refractivity contribution in [2.24, 2.45) is 0 Å². The quantitative estimate of drug-likeness (QED) is 0.550. The Morgan fingerprint density at radius 1 is 1.03 bits per heavy atom. The molecule has 3 aliphatic heterocycles. The predicted octanol–water partition coefficient (Wildman–Crippen LogP) is 1.81. The summed E-state index contributed by atoms with van der Waals surface area (Å²) in [5.74, 6) is 0.677. The van der Waals surface area contributed by atoms with Gasteiger partial charge in [-0.05, 0) is 47.6 Å². The zero-order valence-corrected chi connectivity index (χ0v) is 21.1. The number of rotatable bonds is 6. The number of morpholine rings is 1. The maximum atomic E-state index is 6.16. The average molecular weight is 516 g/mol. The monoisotopic (exact) mass is 515 g/mol. The van der Waals surface area contributed by atoms with Crippen molar-refractivity contribution in [1.82, 2.24) is 30.8 Å². The maximum absolute atomic E-state index is 6.16. The molecule has 1 aliphatic carbocycles. The SMILES string of the molecule is S=C(NC1CCCCC1)NC1COC2C1OCC2n1nnnc1Oc1cccc(N2CCOCC2)c1. The van der Waals surface area contributed by atoms with E-state index in [9.17, 15) is 0 Å². The van der Waals surface area contributed by atoms with Crippen LogP contribution in [-0.2, 0) is 14.2 Å². The molecule has 4 unspecified atom stereocenters. The first-order valence-electron chi connectivity index (χ1n) is 12.9. The van der Waals surface area contributed by atoms with Crippen LogP contribution in [0.2, 0.25) is 0 Å². The van der Waals surface area contributed by atoms with Gasteiger partial charge in [0.1, 0.15) is 24.0 Å². The fraction of sp³-hybridized carbons (Fsp3) is 0.667. The Kier molecular flexibility index (Phi) is 7.17. The number of nitrogens with one attached hydrogen (secondary N) is 2. The first kappa shape index (κ1) is 23.8. The molecule has 12 heteroatoms. The molecule has 1 aromatic carbocycles. The van der Waals surface area contributed by atoms with Crippen LogP contribution in [0.1, 0.15) is 38.1 Å². The summed E-state index contributed by atoms with van der Waals surface area (Å²) in [7, 11) is 0. The summed E-state index contributed by atoms with van der Waals surface area (Å²) >= 11 is 5.59. The molecule has 194 valence electrons. The third kappa shape index (κ3) is 5.13. The molecule has 4 fully saturated rings. The maximum Gasteiger partial charge on any atom is 0.341 e. The van der Waals surface area contributed by atoms with Crippen molar-refractivity contribution in [2.75, 3.05) is 44.4 Å². The van der Waals surface area contributed by atoms with Crippen LogP contribution in [0.4, 0.5) is 5.69 Å². The Balaban J connectivity index is 1.09. The molecule has 11 nitrogen and oxygen atoms in total. The van der Waals surface area contributed by atoms with Crippen LogP contribution in [0.5, 0.6) is 11.8 Å². The van der Waals surface area contributed by atoms with Crippen molar-refractivity contribution < 1.29 is 18.9 Å². The summed E-state index contributed by atoms with van der Waals surface area (Å²) in [6.45, 7) is 4.12. The lowest BCUT2D eigenvalue weighted by molar-refractivity contribution is 0.0614. The number of hydrogen-bond acceptors (Lipinski definition) is 9. The molecule has 1 saturated carbocycles. The second-order valence-electron chi connectivity index (χ2n) is 9.83. The lowest BCUT2D eigenvalue weighted by Gasteiger charge is -2.29. The van der Waals surface area contributed by atoms with E-state index in [1.165, 1.54) is 32.1 Å². The van der Waals surface area contributed by atoms with Gasteiger partial charge in [0.15, 0.2) is 5.11 Å². The van der Waals surface area contributed by atoms with Crippen LogP contribution in [0.3, 0.4) is 0 Å². The number of hydrogen-bond donors (Lipinski definition) is 2. The van der Waals surface area contributed by atoms with Crippen molar-refractivity contribution in [3.8, 4) is 11.8 Å². The average Bonchev–Trinajstić information content (AvgIpc) is 3.63. The van der Waals surface area contributed by atoms with Gasteiger partial charge >= 0.3 is 6.01 Å². The topological polar surface area (TPSA) is 108 Å². The Bertz CT molecular complexity index is 1040. The minimum absolute atomic E-state index is 0.0188. The van der Waals surface area contributed by atoms with E-state index in [1.54, 1.807) is 4.68 Å².